The molecule has 0 saturated heterocycles. The molecule has 1 unspecified atom stereocenters. The summed E-state index contributed by atoms with van der Waals surface area (Å²) in [6.07, 6.45) is 0. The zero-order valence-corrected chi connectivity index (χ0v) is 13.2. The van der Waals surface area contributed by atoms with Crippen LogP contribution in [-0.4, -0.2) is 0 Å². The van der Waals surface area contributed by atoms with Crippen LogP contribution in [-0.2, 0) is 0 Å². The molecule has 0 fully saturated rings. The molecule has 0 aliphatic carbocycles. The standard InChI is InChI=1S/C14H11Br2Cl/c1-9-2-7-13(16)12(8-9)14(17)10-3-5-11(15)6-4-10/h2-8,14H,1H3. The number of hydrogen-bond acceptors (Lipinski definition) is 0. The van der Waals surface area contributed by atoms with E-state index in [-0.39, 0.29) is 5.38 Å². The van der Waals surface area contributed by atoms with Crippen molar-refractivity contribution in [2.24, 2.45) is 0 Å². The van der Waals surface area contributed by atoms with Crippen LogP contribution in [0.1, 0.15) is 22.1 Å². The van der Waals surface area contributed by atoms with Crippen molar-refractivity contribution < 1.29 is 0 Å². The van der Waals surface area contributed by atoms with Crippen LogP contribution in [0.3, 0.4) is 0 Å². The van der Waals surface area contributed by atoms with Crippen LogP contribution in [0.4, 0.5) is 0 Å². The third kappa shape index (κ3) is 3.12. The van der Waals surface area contributed by atoms with E-state index in [4.69, 9.17) is 11.6 Å². The van der Waals surface area contributed by atoms with Crippen molar-refractivity contribution in [1.29, 1.82) is 0 Å². The topological polar surface area (TPSA) is 0 Å². The largest absolute Gasteiger partial charge is 0.113 e. The van der Waals surface area contributed by atoms with Crippen molar-refractivity contribution in [2.45, 2.75) is 12.3 Å². The minimum Gasteiger partial charge on any atom is -0.113 e. The minimum absolute atomic E-state index is 0.127. The first kappa shape index (κ1) is 13.1. The summed E-state index contributed by atoms with van der Waals surface area (Å²) in [5.74, 6) is 0. The Balaban J connectivity index is 2.39. The van der Waals surface area contributed by atoms with Crippen LogP contribution in [0.5, 0.6) is 0 Å². The lowest BCUT2D eigenvalue weighted by molar-refractivity contribution is 1.12. The molecular weight excluding hydrogens is 363 g/mol. The fourth-order valence-corrected chi connectivity index (χ4v) is 2.87. The van der Waals surface area contributed by atoms with Crippen LogP contribution in [0.25, 0.3) is 0 Å². The Hall–Kier alpha value is -0.310. The lowest BCUT2D eigenvalue weighted by Crippen LogP contribution is -1.95. The normalized spacial score (nSPS) is 12.5. The maximum Gasteiger partial charge on any atom is 0.0846 e. The van der Waals surface area contributed by atoms with Crippen molar-refractivity contribution in [3.63, 3.8) is 0 Å². The summed E-state index contributed by atoms with van der Waals surface area (Å²) in [6, 6.07) is 14.3. The van der Waals surface area contributed by atoms with Crippen molar-refractivity contribution >= 4 is 43.5 Å². The number of benzene rings is 2. The van der Waals surface area contributed by atoms with Crippen LogP contribution in [0, 0.1) is 6.92 Å². The molecule has 0 aromatic heterocycles. The Labute approximate surface area is 123 Å². The molecular formula is C14H11Br2Cl. The van der Waals surface area contributed by atoms with Gasteiger partial charge in [0.05, 0.1) is 5.38 Å². The molecule has 2 aromatic rings. The van der Waals surface area contributed by atoms with Gasteiger partial charge in [0.25, 0.3) is 0 Å². The van der Waals surface area contributed by atoms with E-state index in [9.17, 15) is 0 Å². The second kappa shape index (κ2) is 5.55. The van der Waals surface area contributed by atoms with Crippen LogP contribution in [0.15, 0.2) is 51.4 Å². The lowest BCUT2D eigenvalue weighted by atomic mass is 10.0. The molecule has 0 radical (unpaired) electrons. The van der Waals surface area contributed by atoms with Crippen molar-refractivity contribution in [3.8, 4) is 0 Å². The third-order valence-electron chi connectivity index (χ3n) is 2.59. The van der Waals surface area contributed by atoms with Crippen LogP contribution < -0.4 is 0 Å². The fraction of sp³-hybridized carbons (Fsp3) is 0.143. The summed E-state index contributed by atoms with van der Waals surface area (Å²) in [6.45, 7) is 2.07. The van der Waals surface area contributed by atoms with Gasteiger partial charge in [-0.2, -0.15) is 0 Å². The van der Waals surface area contributed by atoms with E-state index in [1.165, 1.54) is 5.56 Å². The first-order chi connectivity index (χ1) is 8.08. The second-order valence-electron chi connectivity index (χ2n) is 3.94. The van der Waals surface area contributed by atoms with Gasteiger partial charge in [-0.1, -0.05) is 61.7 Å². The van der Waals surface area contributed by atoms with Gasteiger partial charge >= 0.3 is 0 Å². The molecule has 1 atom stereocenters. The van der Waals surface area contributed by atoms with E-state index in [0.29, 0.717) is 0 Å². The Bertz CT molecular complexity index is 520. The van der Waals surface area contributed by atoms with E-state index in [1.807, 2.05) is 30.3 Å². The molecule has 0 heterocycles. The summed E-state index contributed by atoms with van der Waals surface area (Å²) in [4.78, 5) is 0. The zero-order valence-electron chi connectivity index (χ0n) is 9.25. The van der Waals surface area contributed by atoms with E-state index in [2.05, 4.69) is 50.9 Å². The molecule has 0 aliphatic heterocycles. The maximum absolute atomic E-state index is 6.52. The predicted molar refractivity (Wildman–Crippen MR) is 80.7 cm³/mol. The first-order valence-electron chi connectivity index (χ1n) is 5.23. The highest BCUT2D eigenvalue weighted by atomic mass is 79.9. The van der Waals surface area contributed by atoms with E-state index >= 15 is 0 Å². The van der Waals surface area contributed by atoms with Gasteiger partial charge in [0.1, 0.15) is 0 Å². The Morgan fingerprint density at radius 2 is 1.65 bits per heavy atom. The molecule has 0 aliphatic rings. The maximum atomic E-state index is 6.52. The summed E-state index contributed by atoms with van der Waals surface area (Å²) >= 11 is 13.5. The molecule has 17 heavy (non-hydrogen) atoms. The molecule has 88 valence electrons. The van der Waals surface area contributed by atoms with Gasteiger partial charge in [0, 0.05) is 8.95 Å². The van der Waals surface area contributed by atoms with Crippen molar-refractivity contribution in [3.05, 3.63) is 68.1 Å². The molecule has 3 heteroatoms. The highest BCUT2D eigenvalue weighted by Crippen LogP contribution is 2.34. The van der Waals surface area contributed by atoms with Gasteiger partial charge in [0.2, 0.25) is 0 Å². The molecule has 0 amide bonds. The quantitative estimate of drug-likeness (QED) is 0.579. The van der Waals surface area contributed by atoms with Gasteiger partial charge in [-0.15, -0.1) is 11.6 Å². The number of halogens is 3. The highest BCUT2D eigenvalue weighted by Gasteiger charge is 2.13. The molecule has 2 rings (SSSR count). The summed E-state index contributed by atoms with van der Waals surface area (Å²) in [7, 11) is 0. The predicted octanol–water partition coefficient (Wildman–Crippen LogP) is 5.85. The fourth-order valence-electron chi connectivity index (χ4n) is 1.67. The molecule has 2 aromatic carbocycles. The van der Waals surface area contributed by atoms with Gasteiger partial charge in [-0.05, 0) is 36.2 Å². The minimum atomic E-state index is -0.127. The first-order valence-corrected chi connectivity index (χ1v) is 7.26. The highest BCUT2D eigenvalue weighted by molar-refractivity contribution is 9.10. The lowest BCUT2D eigenvalue weighted by Gasteiger charge is -2.13. The van der Waals surface area contributed by atoms with Gasteiger partial charge < -0.3 is 0 Å². The van der Waals surface area contributed by atoms with E-state index < -0.39 is 0 Å². The number of aryl methyl sites for hydroxylation is 1. The van der Waals surface area contributed by atoms with E-state index in [1.54, 1.807) is 0 Å². The molecule has 0 N–H and O–H groups in total. The SMILES string of the molecule is Cc1ccc(Br)c(C(Cl)c2ccc(Br)cc2)c1. The van der Waals surface area contributed by atoms with Gasteiger partial charge in [0.15, 0.2) is 0 Å². The van der Waals surface area contributed by atoms with Gasteiger partial charge in [-0.3, -0.25) is 0 Å². The second-order valence-corrected chi connectivity index (χ2v) is 6.15. The summed E-state index contributed by atoms with van der Waals surface area (Å²) < 4.78 is 2.11. The van der Waals surface area contributed by atoms with Crippen molar-refractivity contribution in [1.82, 2.24) is 0 Å². The van der Waals surface area contributed by atoms with Crippen LogP contribution in [0.2, 0.25) is 0 Å². The number of rotatable bonds is 2. The number of hydrogen-bond donors (Lipinski definition) is 0. The third-order valence-corrected chi connectivity index (χ3v) is 4.33. The zero-order chi connectivity index (χ0) is 12.4. The number of alkyl halides is 1. The molecule has 0 bridgehead atoms. The molecule has 0 saturated carbocycles. The average Bonchev–Trinajstić information content (AvgIpc) is 2.32. The summed E-state index contributed by atoms with van der Waals surface area (Å²) in [5.41, 5.74) is 3.42. The molecule has 0 nitrogen and oxygen atoms in total. The average molecular weight is 375 g/mol. The van der Waals surface area contributed by atoms with E-state index in [0.717, 1.165) is 20.1 Å². The van der Waals surface area contributed by atoms with Crippen molar-refractivity contribution in [2.75, 3.05) is 0 Å². The van der Waals surface area contributed by atoms with Crippen LogP contribution >= 0.6 is 43.5 Å². The Kier molecular flexibility index (Phi) is 4.29. The monoisotopic (exact) mass is 372 g/mol. The Morgan fingerprint density at radius 3 is 2.29 bits per heavy atom. The van der Waals surface area contributed by atoms with Gasteiger partial charge in [-0.25, -0.2) is 0 Å². The Morgan fingerprint density at radius 1 is 1.00 bits per heavy atom. The summed E-state index contributed by atoms with van der Waals surface area (Å²) in [5, 5.41) is -0.127. The smallest absolute Gasteiger partial charge is 0.0846 e. The molecule has 0 spiro atoms.